The molecule has 4 aromatic rings. The number of hydrazine groups is 1. The van der Waals surface area contributed by atoms with Crippen LogP contribution in [0.3, 0.4) is 0 Å². The highest BCUT2D eigenvalue weighted by Gasteiger charge is 2.17. The fraction of sp³-hybridized carbons (Fsp3) is 0.130. The second kappa shape index (κ2) is 9.36. The van der Waals surface area contributed by atoms with Gasteiger partial charge in [0.05, 0.1) is 11.9 Å². The van der Waals surface area contributed by atoms with Gasteiger partial charge in [-0.05, 0) is 6.92 Å². The molecule has 0 atom stereocenters. The summed E-state index contributed by atoms with van der Waals surface area (Å²) in [6.07, 6.45) is 2.10. The van der Waals surface area contributed by atoms with Gasteiger partial charge in [-0.15, -0.1) is 11.3 Å². The Bertz CT molecular complexity index is 1190. The van der Waals surface area contributed by atoms with Crippen molar-refractivity contribution in [2.45, 2.75) is 19.8 Å². The lowest BCUT2D eigenvalue weighted by Crippen LogP contribution is -2.41. The van der Waals surface area contributed by atoms with Crippen LogP contribution in [0.15, 0.2) is 71.3 Å². The average Bonchev–Trinajstić information content (AvgIpc) is 3.44. The highest BCUT2D eigenvalue weighted by molar-refractivity contribution is 7.17. The number of carbonyl (C=O) groups excluding carboxylic acids is 2. The van der Waals surface area contributed by atoms with Crippen LogP contribution in [0.5, 0.6) is 0 Å². The molecule has 0 saturated carbocycles. The van der Waals surface area contributed by atoms with Gasteiger partial charge in [0.15, 0.2) is 11.7 Å². The van der Waals surface area contributed by atoms with E-state index in [0.717, 1.165) is 16.1 Å². The van der Waals surface area contributed by atoms with E-state index in [1.807, 2.05) is 60.7 Å². The number of amides is 2. The molecule has 2 aromatic heterocycles. The van der Waals surface area contributed by atoms with Gasteiger partial charge in [0, 0.05) is 24.0 Å². The van der Waals surface area contributed by atoms with E-state index in [1.54, 1.807) is 13.1 Å². The Morgan fingerprint density at radius 3 is 2.35 bits per heavy atom. The molecular weight excluding hydrogens is 412 g/mol. The Morgan fingerprint density at radius 2 is 1.65 bits per heavy atom. The van der Waals surface area contributed by atoms with E-state index >= 15 is 0 Å². The maximum atomic E-state index is 12.5. The van der Waals surface area contributed by atoms with Gasteiger partial charge >= 0.3 is 0 Å². The van der Waals surface area contributed by atoms with Crippen molar-refractivity contribution >= 4 is 23.2 Å². The molecule has 0 aliphatic rings. The molecule has 4 rings (SSSR count). The normalized spacial score (nSPS) is 10.6. The van der Waals surface area contributed by atoms with Crippen LogP contribution in [-0.4, -0.2) is 21.8 Å². The van der Waals surface area contributed by atoms with Gasteiger partial charge in [0.2, 0.25) is 5.91 Å². The van der Waals surface area contributed by atoms with E-state index in [9.17, 15) is 9.59 Å². The SMILES string of the molecule is Cc1nc(-c2ccccc2)sc1C(=O)NNC(=O)CCc1ncc(-c2ccccc2)o1. The quantitative estimate of drug-likeness (QED) is 0.446. The van der Waals surface area contributed by atoms with Crippen LogP contribution < -0.4 is 10.9 Å². The van der Waals surface area contributed by atoms with Crippen LogP contribution >= 0.6 is 11.3 Å². The summed E-state index contributed by atoms with van der Waals surface area (Å²) in [6, 6.07) is 19.3. The van der Waals surface area contributed by atoms with Crippen molar-refractivity contribution in [3.8, 4) is 21.9 Å². The highest BCUT2D eigenvalue weighted by Crippen LogP contribution is 2.27. The number of hydrogen-bond acceptors (Lipinski definition) is 6. The molecule has 2 amide bonds. The molecule has 2 N–H and O–H groups in total. The number of hydrogen-bond donors (Lipinski definition) is 2. The molecule has 7 nitrogen and oxygen atoms in total. The predicted octanol–water partition coefficient (Wildman–Crippen LogP) is 4.17. The Balaban J connectivity index is 1.29. The van der Waals surface area contributed by atoms with Crippen LogP contribution in [0.2, 0.25) is 0 Å². The second-order valence-electron chi connectivity index (χ2n) is 6.79. The summed E-state index contributed by atoms with van der Waals surface area (Å²) >= 11 is 1.28. The lowest BCUT2D eigenvalue weighted by molar-refractivity contribution is -0.121. The van der Waals surface area contributed by atoms with E-state index in [0.29, 0.717) is 28.6 Å². The first kappa shape index (κ1) is 20.5. The molecule has 2 heterocycles. The smallest absolute Gasteiger partial charge is 0.281 e. The van der Waals surface area contributed by atoms with E-state index < -0.39 is 5.91 Å². The molecule has 0 aliphatic carbocycles. The Labute approximate surface area is 183 Å². The average molecular weight is 433 g/mol. The van der Waals surface area contributed by atoms with Crippen molar-refractivity contribution < 1.29 is 14.0 Å². The lowest BCUT2D eigenvalue weighted by atomic mass is 10.2. The Morgan fingerprint density at radius 1 is 0.968 bits per heavy atom. The van der Waals surface area contributed by atoms with Crippen molar-refractivity contribution in [3.05, 3.63) is 83.3 Å². The van der Waals surface area contributed by atoms with Crippen molar-refractivity contribution in [2.75, 3.05) is 0 Å². The first-order chi connectivity index (χ1) is 15.1. The first-order valence-electron chi connectivity index (χ1n) is 9.72. The number of aryl methyl sites for hydroxylation is 2. The number of nitrogens with one attached hydrogen (secondary N) is 2. The zero-order valence-corrected chi connectivity index (χ0v) is 17.6. The number of aromatic nitrogens is 2. The molecule has 2 aromatic carbocycles. The molecular formula is C23H20N4O3S. The third-order valence-corrected chi connectivity index (χ3v) is 5.72. The molecule has 0 saturated heterocycles. The summed E-state index contributed by atoms with van der Waals surface area (Å²) in [4.78, 5) is 33.7. The minimum atomic E-state index is -0.395. The third-order valence-electron chi connectivity index (χ3n) is 4.52. The van der Waals surface area contributed by atoms with Crippen LogP contribution in [0.25, 0.3) is 21.9 Å². The fourth-order valence-electron chi connectivity index (χ4n) is 2.94. The summed E-state index contributed by atoms with van der Waals surface area (Å²) in [7, 11) is 0. The summed E-state index contributed by atoms with van der Waals surface area (Å²) in [6.45, 7) is 1.77. The van der Waals surface area contributed by atoms with Gasteiger partial charge in [-0.25, -0.2) is 9.97 Å². The number of nitrogens with zero attached hydrogens (tertiary/aromatic N) is 2. The van der Waals surface area contributed by atoms with E-state index in [-0.39, 0.29) is 12.3 Å². The van der Waals surface area contributed by atoms with Crippen molar-refractivity contribution in [1.29, 1.82) is 0 Å². The van der Waals surface area contributed by atoms with Gasteiger partial charge in [-0.2, -0.15) is 0 Å². The molecule has 8 heteroatoms. The summed E-state index contributed by atoms with van der Waals surface area (Å²) in [5.41, 5.74) is 7.37. The van der Waals surface area contributed by atoms with E-state index in [2.05, 4.69) is 20.8 Å². The molecule has 0 fully saturated rings. The molecule has 0 radical (unpaired) electrons. The first-order valence-corrected chi connectivity index (χ1v) is 10.5. The minimum Gasteiger partial charge on any atom is -0.441 e. The number of benzene rings is 2. The van der Waals surface area contributed by atoms with Gasteiger partial charge in [-0.1, -0.05) is 60.7 Å². The molecule has 31 heavy (non-hydrogen) atoms. The van der Waals surface area contributed by atoms with Gasteiger partial charge in [0.25, 0.3) is 5.91 Å². The Kier molecular flexibility index (Phi) is 6.18. The molecule has 0 aliphatic heterocycles. The van der Waals surface area contributed by atoms with Crippen LogP contribution in [0.1, 0.15) is 27.7 Å². The van der Waals surface area contributed by atoms with Crippen LogP contribution in [-0.2, 0) is 11.2 Å². The zero-order chi connectivity index (χ0) is 21.6. The molecule has 0 bridgehead atoms. The maximum absolute atomic E-state index is 12.5. The highest BCUT2D eigenvalue weighted by atomic mass is 32.1. The maximum Gasteiger partial charge on any atom is 0.281 e. The van der Waals surface area contributed by atoms with Crippen LogP contribution in [0.4, 0.5) is 0 Å². The minimum absolute atomic E-state index is 0.131. The monoisotopic (exact) mass is 432 g/mol. The number of thiazole rings is 1. The largest absolute Gasteiger partial charge is 0.441 e. The topological polar surface area (TPSA) is 97.1 Å². The molecule has 0 spiro atoms. The number of oxazole rings is 1. The van der Waals surface area contributed by atoms with Crippen molar-refractivity contribution in [3.63, 3.8) is 0 Å². The van der Waals surface area contributed by atoms with Crippen LogP contribution in [0, 0.1) is 6.92 Å². The third kappa shape index (κ3) is 5.04. The molecule has 156 valence electrons. The zero-order valence-electron chi connectivity index (χ0n) is 16.8. The molecule has 0 unspecified atom stereocenters. The Hall–Kier alpha value is -3.78. The number of carbonyl (C=O) groups is 2. The fourth-order valence-corrected chi connectivity index (χ4v) is 3.91. The lowest BCUT2D eigenvalue weighted by Gasteiger charge is -2.05. The summed E-state index contributed by atoms with van der Waals surface area (Å²) in [5.74, 6) is 0.386. The van der Waals surface area contributed by atoms with Gasteiger partial charge in [-0.3, -0.25) is 20.4 Å². The van der Waals surface area contributed by atoms with Gasteiger partial charge in [0.1, 0.15) is 9.88 Å². The number of rotatable bonds is 6. The van der Waals surface area contributed by atoms with E-state index in [1.165, 1.54) is 11.3 Å². The standard InChI is InChI=1S/C23H20N4O3S/c1-15-21(31-23(25-15)17-10-6-3-7-11-17)22(29)27-26-19(28)12-13-20-24-14-18(30-20)16-8-4-2-5-9-16/h2-11,14H,12-13H2,1H3,(H,26,28)(H,27,29). The van der Waals surface area contributed by atoms with Gasteiger partial charge < -0.3 is 4.42 Å². The predicted molar refractivity (Wildman–Crippen MR) is 118 cm³/mol. The summed E-state index contributed by atoms with van der Waals surface area (Å²) < 4.78 is 5.69. The second-order valence-corrected chi connectivity index (χ2v) is 7.79. The summed E-state index contributed by atoms with van der Waals surface area (Å²) in [5, 5.41) is 0.757. The van der Waals surface area contributed by atoms with Crippen molar-refractivity contribution in [2.24, 2.45) is 0 Å². The van der Waals surface area contributed by atoms with E-state index in [4.69, 9.17) is 4.42 Å². The van der Waals surface area contributed by atoms with Crippen molar-refractivity contribution in [1.82, 2.24) is 20.8 Å².